The molecule has 0 bridgehead atoms. The maximum atomic E-state index is 3.62. The Morgan fingerprint density at radius 3 is 1.91 bits per heavy atom. The van der Waals surface area contributed by atoms with Gasteiger partial charge >= 0.3 is 0 Å². The predicted molar refractivity (Wildman–Crippen MR) is 200 cm³/mol. The van der Waals surface area contributed by atoms with Crippen LogP contribution in [0.25, 0.3) is 33.0 Å². The van der Waals surface area contributed by atoms with Crippen molar-refractivity contribution in [3.05, 3.63) is 148 Å². The molecule has 0 spiro atoms. The lowest BCUT2D eigenvalue weighted by Gasteiger charge is -2.43. The normalized spacial score (nSPS) is 15.7. The first-order valence-corrected chi connectivity index (χ1v) is 17.2. The van der Waals surface area contributed by atoms with Crippen LogP contribution >= 0.6 is 15.9 Å². The zero-order chi connectivity index (χ0) is 32.2. The second-order valence-corrected chi connectivity index (χ2v) is 16.2. The molecule has 1 aliphatic heterocycles. The van der Waals surface area contributed by atoms with Gasteiger partial charge in [-0.25, -0.2) is 0 Å². The van der Waals surface area contributed by atoms with Crippen LogP contribution in [0.4, 0.5) is 17.1 Å². The van der Waals surface area contributed by atoms with E-state index in [1.54, 1.807) is 0 Å². The van der Waals surface area contributed by atoms with Gasteiger partial charge in [0.1, 0.15) is 0 Å². The summed E-state index contributed by atoms with van der Waals surface area (Å²) in [5, 5.41) is 2.51. The quantitative estimate of drug-likeness (QED) is 0.178. The summed E-state index contributed by atoms with van der Waals surface area (Å²) < 4.78 is 1.11. The second-order valence-electron chi connectivity index (χ2n) is 15.3. The highest BCUT2D eigenvalue weighted by atomic mass is 79.9. The fourth-order valence-corrected chi connectivity index (χ4v) is 8.27. The van der Waals surface area contributed by atoms with Gasteiger partial charge in [0.05, 0.1) is 11.4 Å². The number of halogens is 1. The highest BCUT2D eigenvalue weighted by Gasteiger charge is 2.42. The molecule has 1 nitrogen and oxygen atoms in total. The minimum Gasteiger partial charge on any atom is -0.310 e. The van der Waals surface area contributed by atoms with Crippen molar-refractivity contribution in [1.82, 2.24) is 0 Å². The van der Waals surface area contributed by atoms with Crippen LogP contribution in [-0.2, 0) is 16.2 Å². The van der Waals surface area contributed by atoms with E-state index in [1.165, 1.54) is 77.9 Å². The van der Waals surface area contributed by atoms with Crippen LogP contribution < -0.4 is 4.90 Å². The van der Waals surface area contributed by atoms with E-state index in [2.05, 4.69) is 185 Å². The van der Waals surface area contributed by atoms with E-state index in [9.17, 15) is 0 Å². The summed E-state index contributed by atoms with van der Waals surface area (Å²) in [7, 11) is 0. The van der Waals surface area contributed by atoms with Crippen molar-refractivity contribution in [2.45, 2.75) is 64.7 Å². The van der Waals surface area contributed by atoms with Crippen molar-refractivity contribution >= 4 is 43.8 Å². The summed E-state index contributed by atoms with van der Waals surface area (Å²) >= 11 is 3.62. The largest absolute Gasteiger partial charge is 0.310 e. The summed E-state index contributed by atoms with van der Waals surface area (Å²) in [5.74, 6) is 0. The Balaban J connectivity index is 1.29. The van der Waals surface area contributed by atoms with E-state index in [0.717, 1.165) is 4.47 Å². The van der Waals surface area contributed by atoms with E-state index in [-0.39, 0.29) is 16.2 Å². The van der Waals surface area contributed by atoms with Crippen LogP contribution in [0.2, 0.25) is 0 Å². The summed E-state index contributed by atoms with van der Waals surface area (Å²) in [5.41, 5.74) is 15.7. The van der Waals surface area contributed by atoms with E-state index in [0.29, 0.717) is 0 Å². The number of rotatable bonds is 2. The molecule has 0 amide bonds. The van der Waals surface area contributed by atoms with Crippen molar-refractivity contribution in [1.29, 1.82) is 0 Å². The van der Waals surface area contributed by atoms with Crippen molar-refractivity contribution in [2.75, 3.05) is 4.90 Å². The third kappa shape index (κ3) is 4.33. The van der Waals surface area contributed by atoms with Crippen LogP contribution in [0.1, 0.15) is 76.3 Å². The Labute approximate surface area is 282 Å². The Kier molecular flexibility index (Phi) is 6.32. The molecule has 0 radical (unpaired) electrons. The zero-order valence-corrected chi connectivity index (χ0v) is 29.4. The molecule has 2 aliphatic rings. The number of fused-ring (bicyclic) bond motifs is 6. The number of para-hydroxylation sites is 1. The topological polar surface area (TPSA) is 3.24 Å². The van der Waals surface area contributed by atoms with E-state index < -0.39 is 0 Å². The highest BCUT2D eigenvalue weighted by Crippen LogP contribution is 2.57. The molecule has 8 rings (SSSR count). The second kappa shape index (κ2) is 9.93. The average Bonchev–Trinajstić information content (AvgIpc) is 3.25. The Bertz CT molecular complexity index is 2190. The molecule has 0 fully saturated rings. The van der Waals surface area contributed by atoms with Crippen molar-refractivity contribution in [3.63, 3.8) is 0 Å². The third-order valence-corrected chi connectivity index (χ3v) is 11.1. The first kappa shape index (κ1) is 29.3. The smallest absolute Gasteiger partial charge is 0.0506 e. The van der Waals surface area contributed by atoms with E-state index in [4.69, 9.17) is 0 Å². The lowest BCUT2D eigenvalue weighted by molar-refractivity contribution is 0.590. The Morgan fingerprint density at radius 1 is 0.522 bits per heavy atom. The average molecular weight is 663 g/mol. The standard InChI is InChI=1S/C44H40BrN/c1-42(2,3)31-16-19-33(20-17-31)46-40-11-9-8-10-36(40)43(4,5)39-25-35-34-21-15-30(24-37(34)44(6,7)38(35)26-41(39)46)27-12-13-29-23-32(45)18-14-28(29)22-27/h8-26H,1-7H3. The first-order chi connectivity index (χ1) is 21.8. The van der Waals surface area contributed by atoms with E-state index >= 15 is 0 Å². The zero-order valence-electron chi connectivity index (χ0n) is 27.8. The molecule has 0 unspecified atom stereocenters. The van der Waals surface area contributed by atoms with Gasteiger partial charge in [-0.3, -0.25) is 0 Å². The van der Waals surface area contributed by atoms with Crippen LogP contribution in [-0.4, -0.2) is 0 Å². The monoisotopic (exact) mass is 661 g/mol. The van der Waals surface area contributed by atoms with Crippen molar-refractivity contribution in [3.8, 4) is 22.3 Å². The molecule has 0 N–H and O–H groups in total. The maximum absolute atomic E-state index is 3.62. The van der Waals surface area contributed by atoms with Gasteiger partial charge in [-0.1, -0.05) is 125 Å². The minimum atomic E-state index is -0.143. The molecule has 0 aromatic heterocycles. The minimum absolute atomic E-state index is 0.109. The summed E-state index contributed by atoms with van der Waals surface area (Å²) in [6.07, 6.45) is 0. The molecule has 1 aliphatic carbocycles. The van der Waals surface area contributed by atoms with Gasteiger partial charge in [0.25, 0.3) is 0 Å². The number of anilines is 3. The van der Waals surface area contributed by atoms with Gasteiger partial charge in [-0.15, -0.1) is 0 Å². The molecular formula is C44H40BrN. The fraction of sp³-hybridized carbons (Fsp3) is 0.227. The van der Waals surface area contributed by atoms with Gasteiger partial charge in [0.15, 0.2) is 0 Å². The van der Waals surface area contributed by atoms with Gasteiger partial charge < -0.3 is 4.90 Å². The van der Waals surface area contributed by atoms with Crippen LogP contribution in [0.15, 0.2) is 120 Å². The first-order valence-electron chi connectivity index (χ1n) is 16.4. The lowest BCUT2D eigenvalue weighted by Crippen LogP contribution is -2.31. The Hall–Kier alpha value is -4.14. The molecule has 2 heteroatoms. The van der Waals surface area contributed by atoms with Gasteiger partial charge in [0, 0.05) is 21.0 Å². The predicted octanol–water partition coefficient (Wildman–Crippen LogP) is 13.0. The summed E-state index contributed by atoms with van der Waals surface area (Å²) in [6, 6.07) is 43.6. The molecule has 1 heterocycles. The molecule has 0 saturated heterocycles. The molecule has 6 aromatic carbocycles. The highest BCUT2D eigenvalue weighted by molar-refractivity contribution is 9.10. The number of hydrogen-bond acceptors (Lipinski definition) is 1. The SMILES string of the molecule is CC(C)(C)c1ccc(N2c3ccccc3C(C)(C)c3cc4c(cc32)C(C)(C)c2cc(-c3ccc5cc(Br)ccc5c3)ccc2-4)cc1. The number of hydrogen-bond donors (Lipinski definition) is 0. The molecular weight excluding hydrogens is 622 g/mol. The molecule has 0 saturated carbocycles. The number of nitrogens with zero attached hydrogens (tertiary/aromatic N) is 1. The van der Waals surface area contributed by atoms with Crippen molar-refractivity contribution < 1.29 is 0 Å². The fourth-order valence-electron chi connectivity index (χ4n) is 7.89. The molecule has 6 aromatic rings. The van der Waals surface area contributed by atoms with Crippen LogP contribution in [0.3, 0.4) is 0 Å². The van der Waals surface area contributed by atoms with Crippen LogP contribution in [0.5, 0.6) is 0 Å². The van der Waals surface area contributed by atoms with Crippen LogP contribution in [0, 0.1) is 0 Å². The van der Waals surface area contributed by atoms with Crippen molar-refractivity contribution in [2.24, 2.45) is 0 Å². The molecule has 228 valence electrons. The van der Waals surface area contributed by atoms with Gasteiger partial charge in [0.2, 0.25) is 0 Å². The number of benzene rings is 6. The summed E-state index contributed by atoms with van der Waals surface area (Å²) in [6.45, 7) is 16.4. The Morgan fingerprint density at radius 2 is 1.15 bits per heavy atom. The van der Waals surface area contributed by atoms with Gasteiger partial charge in [-0.2, -0.15) is 0 Å². The maximum Gasteiger partial charge on any atom is 0.0506 e. The molecule has 46 heavy (non-hydrogen) atoms. The molecule has 0 atom stereocenters. The van der Waals surface area contributed by atoms with E-state index in [1.807, 2.05) is 0 Å². The lowest BCUT2D eigenvalue weighted by atomic mass is 9.71. The summed E-state index contributed by atoms with van der Waals surface area (Å²) in [4.78, 5) is 2.50. The van der Waals surface area contributed by atoms with Gasteiger partial charge in [-0.05, 0) is 121 Å². The third-order valence-electron chi connectivity index (χ3n) is 10.7.